The van der Waals surface area contributed by atoms with Crippen molar-refractivity contribution in [2.45, 2.75) is 6.92 Å². The van der Waals surface area contributed by atoms with E-state index in [2.05, 4.69) is 36.2 Å². The fraction of sp³-hybridized carbons (Fsp3) is 0.154. The van der Waals surface area contributed by atoms with Crippen LogP contribution in [-0.2, 0) is 4.79 Å². The SMILES string of the molecule is COc1ccc(Nc2nc(NCC(=O)Nc3cccc(C)c3)nc(Nc3ccc(OC)cc3)n2)cc1. The number of anilines is 6. The molecule has 0 bridgehead atoms. The van der Waals surface area contributed by atoms with Gasteiger partial charge in [0.15, 0.2) is 0 Å². The van der Waals surface area contributed by atoms with Crippen LogP contribution < -0.4 is 30.7 Å². The molecular formula is C26H27N7O3. The predicted molar refractivity (Wildman–Crippen MR) is 141 cm³/mol. The Balaban J connectivity index is 1.51. The number of nitrogens with zero attached hydrogens (tertiary/aromatic N) is 3. The summed E-state index contributed by atoms with van der Waals surface area (Å²) in [5.41, 5.74) is 3.31. The number of amides is 1. The number of nitrogens with one attached hydrogen (secondary N) is 4. The van der Waals surface area contributed by atoms with E-state index >= 15 is 0 Å². The molecule has 0 unspecified atom stereocenters. The summed E-state index contributed by atoms with van der Waals surface area (Å²) >= 11 is 0. The van der Waals surface area contributed by atoms with Gasteiger partial charge in [0, 0.05) is 17.1 Å². The van der Waals surface area contributed by atoms with E-state index in [-0.39, 0.29) is 18.4 Å². The number of hydrogen-bond donors (Lipinski definition) is 4. The zero-order valence-corrected chi connectivity index (χ0v) is 20.2. The molecule has 0 saturated carbocycles. The largest absolute Gasteiger partial charge is 0.497 e. The maximum Gasteiger partial charge on any atom is 0.243 e. The molecule has 3 aromatic carbocycles. The molecule has 0 saturated heterocycles. The van der Waals surface area contributed by atoms with Gasteiger partial charge in [0.1, 0.15) is 11.5 Å². The molecule has 0 radical (unpaired) electrons. The Hall–Kier alpha value is -4.86. The first-order chi connectivity index (χ1) is 17.5. The number of carbonyl (C=O) groups is 1. The Morgan fingerprint density at radius 2 is 1.25 bits per heavy atom. The van der Waals surface area contributed by atoms with Gasteiger partial charge in [-0.1, -0.05) is 12.1 Å². The molecule has 0 atom stereocenters. The van der Waals surface area contributed by atoms with Crippen molar-refractivity contribution in [1.82, 2.24) is 15.0 Å². The monoisotopic (exact) mass is 485 g/mol. The highest BCUT2D eigenvalue weighted by molar-refractivity contribution is 5.93. The van der Waals surface area contributed by atoms with E-state index < -0.39 is 0 Å². The first-order valence-corrected chi connectivity index (χ1v) is 11.2. The molecule has 36 heavy (non-hydrogen) atoms. The first kappa shape index (κ1) is 24.3. The van der Waals surface area contributed by atoms with E-state index in [0.29, 0.717) is 11.9 Å². The number of carbonyl (C=O) groups excluding carboxylic acids is 1. The highest BCUT2D eigenvalue weighted by Crippen LogP contribution is 2.22. The molecule has 0 fully saturated rings. The topological polar surface area (TPSA) is 122 Å². The van der Waals surface area contributed by atoms with Crippen molar-refractivity contribution in [3.63, 3.8) is 0 Å². The third-order valence-electron chi connectivity index (χ3n) is 5.04. The number of hydrogen-bond acceptors (Lipinski definition) is 9. The molecule has 4 rings (SSSR count). The number of ether oxygens (including phenoxy) is 2. The average molecular weight is 486 g/mol. The fourth-order valence-electron chi connectivity index (χ4n) is 3.26. The van der Waals surface area contributed by atoms with Gasteiger partial charge in [-0.3, -0.25) is 4.79 Å². The Bertz CT molecular complexity index is 1240. The van der Waals surface area contributed by atoms with Crippen molar-refractivity contribution in [1.29, 1.82) is 0 Å². The summed E-state index contributed by atoms with van der Waals surface area (Å²) in [6, 6.07) is 22.3. The Morgan fingerprint density at radius 3 is 1.75 bits per heavy atom. The summed E-state index contributed by atoms with van der Waals surface area (Å²) in [6.45, 7) is 1.94. The minimum Gasteiger partial charge on any atom is -0.497 e. The molecule has 1 aromatic heterocycles. The van der Waals surface area contributed by atoms with Crippen molar-refractivity contribution < 1.29 is 14.3 Å². The summed E-state index contributed by atoms with van der Waals surface area (Å²) in [5, 5.41) is 12.1. The molecule has 0 aliphatic heterocycles. The second-order valence-electron chi connectivity index (χ2n) is 7.78. The Kier molecular flexibility index (Phi) is 7.76. The lowest BCUT2D eigenvalue weighted by atomic mass is 10.2. The van der Waals surface area contributed by atoms with Crippen LogP contribution in [0.5, 0.6) is 11.5 Å². The molecule has 0 spiro atoms. The third kappa shape index (κ3) is 6.83. The predicted octanol–water partition coefficient (Wildman–Crippen LogP) is 4.74. The van der Waals surface area contributed by atoms with E-state index in [1.165, 1.54) is 0 Å². The molecule has 1 heterocycles. The minimum atomic E-state index is -0.227. The summed E-state index contributed by atoms with van der Waals surface area (Å²) in [5.74, 6) is 2.08. The van der Waals surface area contributed by atoms with Gasteiger partial charge in [0.2, 0.25) is 23.8 Å². The molecule has 0 aliphatic carbocycles. The molecule has 184 valence electrons. The summed E-state index contributed by atoms with van der Waals surface area (Å²) in [7, 11) is 3.22. The Morgan fingerprint density at radius 1 is 0.722 bits per heavy atom. The number of aromatic nitrogens is 3. The van der Waals surface area contributed by atoms with Gasteiger partial charge in [-0.15, -0.1) is 0 Å². The third-order valence-corrected chi connectivity index (χ3v) is 5.04. The molecule has 10 nitrogen and oxygen atoms in total. The fourth-order valence-corrected chi connectivity index (χ4v) is 3.26. The molecular weight excluding hydrogens is 458 g/mol. The number of aryl methyl sites for hydroxylation is 1. The van der Waals surface area contributed by atoms with Crippen LogP contribution in [0.1, 0.15) is 5.56 Å². The van der Waals surface area contributed by atoms with E-state index in [0.717, 1.165) is 34.1 Å². The van der Waals surface area contributed by atoms with Crippen molar-refractivity contribution in [3.8, 4) is 11.5 Å². The number of rotatable bonds is 10. The summed E-state index contributed by atoms with van der Waals surface area (Å²) in [4.78, 5) is 25.8. The maximum atomic E-state index is 12.5. The van der Waals surface area contributed by atoms with Crippen LogP contribution in [0.25, 0.3) is 0 Å². The van der Waals surface area contributed by atoms with E-state index in [1.807, 2.05) is 79.7 Å². The van der Waals surface area contributed by atoms with Gasteiger partial charge in [0.05, 0.1) is 20.8 Å². The number of benzene rings is 3. The van der Waals surface area contributed by atoms with E-state index in [9.17, 15) is 4.79 Å². The molecule has 0 aliphatic rings. The van der Waals surface area contributed by atoms with Crippen LogP contribution in [0.2, 0.25) is 0 Å². The van der Waals surface area contributed by atoms with Crippen molar-refractivity contribution in [2.75, 3.05) is 42.0 Å². The van der Waals surface area contributed by atoms with Crippen LogP contribution in [0, 0.1) is 6.92 Å². The minimum absolute atomic E-state index is 0.0259. The van der Waals surface area contributed by atoms with Crippen LogP contribution in [-0.4, -0.2) is 41.6 Å². The normalized spacial score (nSPS) is 10.3. The standard InChI is InChI=1S/C26H27N7O3/c1-17-5-4-6-20(15-17)28-23(34)16-27-24-31-25(29-18-7-11-21(35-2)12-8-18)33-26(32-24)30-19-9-13-22(36-3)14-10-19/h4-15H,16H2,1-3H3,(H,28,34)(H3,27,29,30,31,32,33). The lowest BCUT2D eigenvalue weighted by molar-refractivity contribution is -0.114. The highest BCUT2D eigenvalue weighted by atomic mass is 16.5. The van der Waals surface area contributed by atoms with Gasteiger partial charge in [0.25, 0.3) is 0 Å². The van der Waals surface area contributed by atoms with Crippen molar-refractivity contribution in [2.24, 2.45) is 0 Å². The Labute approximate surface area is 209 Å². The lowest BCUT2D eigenvalue weighted by Crippen LogP contribution is -2.23. The number of methoxy groups -OCH3 is 2. The average Bonchev–Trinajstić information content (AvgIpc) is 2.88. The molecule has 4 aromatic rings. The van der Waals surface area contributed by atoms with Crippen LogP contribution in [0.3, 0.4) is 0 Å². The quantitative estimate of drug-likeness (QED) is 0.252. The second kappa shape index (κ2) is 11.5. The maximum absolute atomic E-state index is 12.5. The zero-order chi connectivity index (χ0) is 25.3. The van der Waals surface area contributed by atoms with E-state index in [1.54, 1.807) is 14.2 Å². The molecule has 4 N–H and O–H groups in total. The van der Waals surface area contributed by atoms with Gasteiger partial charge in [-0.05, 0) is 73.2 Å². The zero-order valence-electron chi connectivity index (χ0n) is 20.2. The van der Waals surface area contributed by atoms with Crippen LogP contribution in [0.4, 0.5) is 34.9 Å². The molecule has 1 amide bonds. The van der Waals surface area contributed by atoms with Gasteiger partial charge in [-0.25, -0.2) is 0 Å². The van der Waals surface area contributed by atoms with Gasteiger partial charge in [-0.2, -0.15) is 15.0 Å². The lowest BCUT2D eigenvalue weighted by Gasteiger charge is -2.12. The van der Waals surface area contributed by atoms with Crippen molar-refractivity contribution in [3.05, 3.63) is 78.4 Å². The van der Waals surface area contributed by atoms with Gasteiger partial charge >= 0.3 is 0 Å². The molecule has 10 heteroatoms. The van der Waals surface area contributed by atoms with Crippen LogP contribution in [0.15, 0.2) is 72.8 Å². The smallest absolute Gasteiger partial charge is 0.243 e. The van der Waals surface area contributed by atoms with Crippen LogP contribution >= 0.6 is 0 Å². The van der Waals surface area contributed by atoms with Gasteiger partial charge < -0.3 is 30.7 Å². The first-order valence-electron chi connectivity index (χ1n) is 11.2. The summed E-state index contributed by atoms with van der Waals surface area (Å²) in [6.07, 6.45) is 0. The van der Waals surface area contributed by atoms with Crippen molar-refractivity contribution >= 4 is 40.8 Å². The summed E-state index contributed by atoms with van der Waals surface area (Å²) < 4.78 is 10.4. The van der Waals surface area contributed by atoms with E-state index in [4.69, 9.17) is 9.47 Å². The highest BCUT2D eigenvalue weighted by Gasteiger charge is 2.10. The second-order valence-corrected chi connectivity index (χ2v) is 7.78.